The summed E-state index contributed by atoms with van der Waals surface area (Å²) in [6.45, 7) is 6.93. The number of ether oxygens (including phenoxy) is 1. The van der Waals surface area contributed by atoms with E-state index in [2.05, 4.69) is 39.0 Å². The lowest BCUT2D eigenvalue weighted by Gasteiger charge is -2.28. The van der Waals surface area contributed by atoms with Gasteiger partial charge in [0.15, 0.2) is 0 Å². The van der Waals surface area contributed by atoms with Crippen molar-refractivity contribution in [2.75, 3.05) is 0 Å². The molecular formula is C29H44O2. The summed E-state index contributed by atoms with van der Waals surface area (Å²) in [5.41, 5.74) is 3.41. The molecule has 3 rings (SSSR count). The minimum Gasteiger partial charge on any atom is -0.459 e. The first-order valence-electron chi connectivity index (χ1n) is 13.1. The van der Waals surface area contributed by atoms with Gasteiger partial charge in [-0.1, -0.05) is 71.1 Å². The van der Waals surface area contributed by atoms with Crippen molar-refractivity contribution < 1.29 is 9.53 Å². The van der Waals surface area contributed by atoms with Crippen molar-refractivity contribution in [3.63, 3.8) is 0 Å². The molecule has 31 heavy (non-hydrogen) atoms. The van der Waals surface area contributed by atoms with E-state index in [4.69, 9.17) is 4.74 Å². The van der Waals surface area contributed by atoms with Crippen LogP contribution < -0.4 is 0 Å². The van der Waals surface area contributed by atoms with Crippen LogP contribution in [0.3, 0.4) is 0 Å². The molecule has 0 aromatic heterocycles. The molecule has 2 heteroatoms. The maximum atomic E-state index is 12.6. The predicted molar refractivity (Wildman–Crippen MR) is 131 cm³/mol. The Balaban J connectivity index is 1.44. The van der Waals surface area contributed by atoms with Crippen LogP contribution >= 0.6 is 0 Å². The van der Waals surface area contributed by atoms with E-state index in [1.807, 2.05) is 12.1 Å². The molecule has 0 bridgehead atoms. The Kier molecular flexibility index (Phi) is 9.68. The first kappa shape index (κ1) is 24.1. The predicted octanol–water partition coefficient (Wildman–Crippen LogP) is 8.60. The SMILES string of the molecule is CCCCC[C@H]1CC[C@H](OC(=O)c2ccc(C3=CCC(CC(C)CC)CC3)cc2)CC1. The van der Waals surface area contributed by atoms with Crippen molar-refractivity contribution in [3.05, 3.63) is 41.5 Å². The van der Waals surface area contributed by atoms with Crippen molar-refractivity contribution in [1.29, 1.82) is 0 Å². The number of rotatable bonds is 10. The zero-order valence-electron chi connectivity index (χ0n) is 20.2. The third-order valence-electron chi connectivity index (χ3n) is 7.73. The number of unbranched alkanes of at least 4 members (excludes halogenated alkanes) is 2. The highest BCUT2D eigenvalue weighted by molar-refractivity contribution is 5.90. The molecule has 1 aromatic rings. The van der Waals surface area contributed by atoms with Crippen molar-refractivity contribution in [2.24, 2.45) is 17.8 Å². The summed E-state index contributed by atoms with van der Waals surface area (Å²) in [6.07, 6.45) is 18.7. The molecule has 0 amide bonds. The Morgan fingerprint density at radius 2 is 1.74 bits per heavy atom. The second-order valence-electron chi connectivity index (χ2n) is 10.2. The standard InChI is InChI=1S/C29H44O2/c1-4-6-7-8-23-11-19-28(20-12-23)31-29(30)27-17-15-26(16-18-27)25-13-9-24(10-14-25)21-22(3)5-2/h13,15-18,22-24,28H,4-12,14,19-21H2,1-3H3/t22?,23-,24?,28-. The smallest absolute Gasteiger partial charge is 0.338 e. The lowest BCUT2D eigenvalue weighted by molar-refractivity contribution is 0.0161. The molecule has 2 nitrogen and oxygen atoms in total. The van der Waals surface area contributed by atoms with Crippen molar-refractivity contribution in [3.8, 4) is 0 Å². The quantitative estimate of drug-likeness (QED) is 0.277. The topological polar surface area (TPSA) is 26.3 Å². The number of esters is 1. The molecule has 2 aliphatic carbocycles. The summed E-state index contributed by atoms with van der Waals surface area (Å²) in [5.74, 6) is 2.37. The van der Waals surface area contributed by atoms with Crippen LogP contribution in [0.4, 0.5) is 0 Å². The van der Waals surface area contributed by atoms with Gasteiger partial charge in [0.1, 0.15) is 6.10 Å². The maximum Gasteiger partial charge on any atom is 0.338 e. The van der Waals surface area contributed by atoms with Crippen LogP contribution in [0.2, 0.25) is 0 Å². The number of allylic oxidation sites excluding steroid dienone is 2. The largest absolute Gasteiger partial charge is 0.459 e. The average Bonchev–Trinajstić information content (AvgIpc) is 2.81. The van der Waals surface area contributed by atoms with Gasteiger partial charge in [-0.3, -0.25) is 0 Å². The summed E-state index contributed by atoms with van der Waals surface area (Å²) in [5, 5.41) is 0. The fourth-order valence-electron chi connectivity index (χ4n) is 5.36. The number of hydrogen-bond donors (Lipinski definition) is 0. The van der Waals surface area contributed by atoms with Crippen LogP contribution in [0.1, 0.15) is 120 Å². The molecule has 1 saturated carbocycles. The van der Waals surface area contributed by atoms with Crippen LogP contribution in [0.25, 0.3) is 5.57 Å². The Labute approximate surface area is 190 Å². The average molecular weight is 425 g/mol. The van der Waals surface area contributed by atoms with E-state index in [1.54, 1.807) is 0 Å². The number of benzene rings is 1. The molecule has 172 valence electrons. The van der Waals surface area contributed by atoms with Gasteiger partial charge >= 0.3 is 5.97 Å². The molecular weight excluding hydrogens is 380 g/mol. The maximum absolute atomic E-state index is 12.6. The normalized spacial score (nSPS) is 25.0. The third-order valence-corrected chi connectivity index (χ3v) is 7.73. The molecule has 2 unspecified atom stereocenters. The van der Waals surface area contributed by atoms with E-state index >= 15 is 0 Å². The van der Waals surface area contributed by atoms with Gasteiger partial charge in [0.05, 0.1) is 5.56 Å². The zero-order chi connectivity index (χ0) is 22.1. The molecule has 0 spiro atoms. The van der Waals surface area contributed by atoms with Crippen molar-refractivity contribution in [2.45, 2.75) is 110 Å². The number of carbonyl (C=O) groups excluding carboxylic acids is 1. The van der Waals surface area contributed by atoms with Crippen LogP contribution in [0, 0.1) is 17.8 Å². The van der Waals surface area contributed by atoms with E-state index < -0.39 is 0 Å². The summed E-state index contributed by atoms with van der Waals surface area (Å²) in [4.78, 5) is 12.6. The third kappa shape index (κ3) is 7.51. The van der Waals surface area contributed by atoms with Gasteiger partial charge in [0, 0.05) is 0 Å². The first-order valence-corrected chi connectivity index (χ1v) is 13.1. The molecule has 2 aliphatic rings. The Morgan fingerprint density at radius 3 is 2.35 bits per heavy atom. The van der Waals surface area contributed by atoms with E-state index in [9.17, 15) is 4.79 Å². The minimum atomic E-state index is -0.146. The highest BCUT2D eigenvalue weighted by atomic mass is 16.5. The van der Waals surface area contributed by atoms with E-state index in [1.165, 1.54) is 75.3 Å². The van der Waals surface area contributed by atoms with Crippen LogP contribution in [-0.2, 0) is 4.74 Å². The number of carbonyl (C=O) groups is 1. The minimum absolute atomic E-state index is 0.109. The second kappa shape index (κ2) is 12.5. The van der Waals surface area contributed by atoms with Crippen molar-refractivity contribution in [1.82, 2.24) is 0 Å². The molecule has 1 fully saturated rings. The lowest BCUT2D eigenvalue weighted by atomic mass is 9.81. The van der Waals surface area contributed by atoms with E-state index in [0.29, 0.717) is 5.56 Å². The van der Waals surface area contributed by atoms with Gasteiger partial charge in [-0.25, -0.2) is 4.79 Å². The van der Waals surface area contributed by atoms with Gasteiger partial charge in [0.25, 0.3) is 0 Å². The summed E-state index contributed by atoms with van der Waals surface area (Å²) < 4.78 is 5.84. The van der Waals surface area contributed by atoms with Gasteiger partial charge in [0.2, 0.25) is 0 Å². The van der Waals surface area contributed by atoms with E-state index in [0.717, 1.165) is 37.0 Å². The van der Waals surface area contributed by atoms with Crippen molar-refractivity contribution >= 4 is 11.5 Å². The number of hydrogen-bond acceptors (Lipinski definition) is 2. The molecule has 0 N–H and O–H groups in total. The monoisotopic (exact) mass is 424 g/mol. The molecule has 0 radical (unpaired) electrons. The summed E-state index contributed by atoms with van der Waals surface area (Å²) >= 11 is 0. The Morgan fingerprint density at radius 1 is 1.00 bits per heavy atom. The molecule has 2 atom stereocenters. The Hall–Kier alpha value is -1.57. The molecule has 0 saturated heterocycles. The first-order chi connectivity index (χ1) is 15.1. The van der Waals surface area contributed by atoms with Gasteiger partial charge < -0.3 is 4.74 Å². The second-order valence-corrected chi connectivity index (χ2v) is 10.2. The van der Waals surface area contributed by atoms with E-state index in [-0.39, 0.29) is 12.1 Å². The lowest BCUT2D eigenvalue weighted by Crippen LogP contribution is -2.24. The van der Waals surface area contributed by atoms with Gasteiger partial charge in [-0.15, -0.1) is 0 Å². The van der Waals surface area contributed by atoms with Crippen LogP contribution in [0.5, 0.6) is 0 Å². The molecule has 1 aromatic carbocycles. The van der Waals surface area contributed by atoms with Gasteiger partial charge in [-0.2, -0.15) is 0 Å². The fraction of sp³-hybridized carbons (Fsp3) is 0.690. The summed E-state index contributed by atoms with van der Waals surface area (Å²) in [7, 11) is 0. The van der Waals surface area contributed by atoms with Gasteiger partial charge in [-0.05, 0) is 92.4 Å². The highest BCUT2D eigenvalue weighted by Crippen LogP contribution is 2.34. The Bertz CT molecular complexity index is 694. The molecule has 0 aliphatic heterocycles. The molecule has 0 heterocycles. The summed E-state index contributed by atoms with van der Waals surface area (Å²) in [6, 6.07) is 8.14. The van der Waals surface area contributed by atoms with Crippen LogP contribution in [0.15, 0.2) is 30.3 Å². The highest BCUT2D eigenvalue weighted by Gasteiger charge is 2.24. The van der Waals surface area contributed by atoms with Crippen LogP contribution in [-0.4, -0.2) is 12.1 Å². The fourth-order valence-corrected chi connectivity index (χ4v) is 5.36. The zero-order valence-corrected chi connectivity index (χ0v) is 20.2.